The standard InChI is InChI=1S/C18H26N2O4.C13H18N2O2.CH4.ClH/c1-18(2,3)24-16(21)19-15-10-7-11-20(12-15)17(22)23-13-14-8-5-4-6-9-14;14-12-7-4-8-15(9-12)13(16)17-10-11-5-2-1-3-6-11;;/h4-6,8-9,15H,7,10-13H2,1-3H3,(H,19,21);1-3,5-6,12H,4,7-10,14H2;1H4;1H/t15-;12-;;/m00../s1. The van der Waals surface area contributed by atoms with Crippen LogP contribution in [0.1, 0.15) is 65.0 Å². The van der Waals surface area contributed by atoms with Crippen molar-refractivity contribution in [2.24, 2.45) is 5.73 Å². The smallest absolute Gasteiger partial charge is 0.410 e. The largest absolute Gasteiger partial charge is 0.445 e. The Balaban J connectivity index is 0.000000432. The fourth-order valence-electron chi connectivity index (χ4n) is 4.53. The van der Waals surface area contributed by atoms with Gasteiger partial charge in [-0.05, 0) is 57.6 Å². The van der Waals surface area contributed by atoms with Crippen molar-refractivity contribution in [3.63, 3.8) is 0 Å². The molecule has 3 amide bonds. The molecule has 0 bridgehead atoms. The lowest BCUT2D eigenvalue weighted by atomic mass is 10.1. The van der Waals surface area contributed by atoms with Crippen LogP contribution in [0.2, 0.25) is 0 Å². The highest BCUT2D eigenvalue weighted by Crippen LogP contribution is 2.14. The number of hydrogen-bond acceptors (Lipinski definition) is 7. The lowest BCUT2D eigenvalue weighted by molar-refractivity contribution is 0.0450. The van der Waals surface area contributed by atoms with E-state index in [9.17, 15) is 14.4 Å². The summed E-state index contributed by atoms with van der Waals surface area (Å²) in [7, 11) is 0. The summed E-state index contributed by atoms with van der Waals surface area (Å²) >= 11 is 0. The molecule has 2 aromatic rings. The molecular formula is C32H49ClN4O6. The number of ether oxygens (including phenoxy) is 3. The minimum Gasteiger partial charge on any atom is -0.445 e. The summed E-state index contributed by atoms with van der Waals surface area (Å²) in [6, 6.07) is 19.2. The van der Waals surface area contributed by atoms with Gasteiger partial charge in [-0.2, -0.15) is 0 Å². The van der Waals surface area contributed by atoms with Gasteiger partial charge in [-0.25, -0.2) is 14.4 Å². The molecule has 0 aliphatic carbocycles. The molecule has 0 spiro atoms. The molecule has 2 saturated heterocycles. The average molecular weight is 621 g/mol. The number of hydrogen-bond donors (Lipinski definition) is 2. The first-order chi connectivity index (χ1) is 19.6. The van der Waals surface area contributed by atoms with Crippen LogP contribution in [0.25, 0.3) is 0 Å². The maximum absolute atomic E-state index is 12.2. The second-order valence-corrected chi connectivity index (χ2v) is 11.4. The Labute approximate surface area is 262 Å². The molecule has 3 N–H and O–H groups in total. The van der Waals surface area contributed by atoms with Gasteiger partial charge in [0.15, 0.2) is 0 Å². The lowest BCUT2D eigenvalue weighted by Crippen LogP contribution is -2.50. The zero-order valence-corrected chi connectivity index (χ0v) is 25.6. The summed E-state index contributed by atoms with van der Waals surface area (Å²) in [6.07, 6.45) is 2.53. The van der Waals surface area contributed by atoms with Crippen molar-refractivity contribution in [2.75, 3.05) is 26.2 Å². The summed E-state index contributed by atoms with van der Waals surface area (Å²) in [6.45, 7) is 8.47. The van der Waals surface area contributed by atoms with Crippen molar-refractivity contribution in [3.8, 4) is 0 Å². The molecule has 43 heavy (non-hydrogen) atoms. The van der Waals surface area contributed by atoms with E-state index in [2.05, 4.69) is 5.32 Å². The number of nitrogens with one attached hydrogen (secondary N) is 1. The molecule has 2 aromatic carbocycles. The van der Waals surface area contributed by atoms with Gasteiger partial charge < -0.3 is 35.1 Å². The number of halogens is 1. The summed E-state index contributed by atoms with van der Waals surface area (Å²) in [5.41, 5.74) is 7.24. The highest BCUT2D eigenvalue weighted by Gasteiger charge is 2.27. The van der Waals surface area contributed by atoms with E-state index in [1.54, 1.807) is 9.80 Å². The molecule has 2 heterocycles. The van der Waals surface area contributed by atoms with Crippen LogP contribution in [0.4, 0.5) is 14.4 Å². The van der Waals surface area contributed by atoms with Gasteiger partial charge in [0.05, 0.1) is 0 Å². The first-order valence-corrected chi connectivity index (χ1v) is 14.3. The van der Waals surface area contributed by atoms with Gasteiger partial charge in [0.2, 0.25) is 0 Å². The Morgan fingerprint density at radius 1 is 0.814 bits per heavy atom. The minimum absolute atomic E-state index is 0. The molecular weight excluding hydrogens is 572 g/mol. The van der Waals surface area contributed by atoms with Crippen LogP contribution < -0.4 is 11.1 Å². The van der Waals surface area contributed by atoms with Crippen molar-refractivity contribution in [3.05, 3.63) is 71.8 Å². The van der Waals surface area contributed by atoms with Crippen LogP contribution in [0.15, 0.2) is 60.7 Å². The Kier molecular flexibility index (Phi) is 16.5. The molecule has 0 aromatic heterocycles. The van der Waals surface area contributed by atoms with Crippen molar-refractivity contribution in [1.29, 1.82) is 0 Å². The zero-order valence-electron chi connectivity index (χ0n) is 24.8. The molecule has 10 nitrogen and oxygen atoms in total. The molecule has 2 fully saturated rings. The number of alkyl carbamates (subject to hydrolysis) is 1. The maximum Gasteiger partial charge on any atom is 0.410 e. The molecule has 2 aliphatic heterocycles. The quantitative estimate of drug-likeness (QED) is 0.386. The summed E-state index contributed by atoms with van der Waals surface area (Å²) in [5.74, 6) is 0. The van der Waals surface area contributed by atoms with Crippen LogP contribution in [0.3, 0.4) is 0 Å². The van der Waals surface area contributed by atoms with E-state index < -0.39 is 11.7 Å². The number of piperidine rings is 2. The van der Waals surface area contributed by atoms with Crippen molar-refractivity contribution < 1.29 is 28.6 Å². The molecule has 240 valence electrons. The second-order valence-electron chi connectivity index (χ2n) is 11.4. The minimum atomic E-state index is -0.535. The zero-order chi connectivity index (χ0) is 29.7. The van der Waals surface area contributed by atoms with Crippen LogP contribution in [0.5, 0.6) is 0 Å². The number of nitrogens with zero attached hydrogens (tertiary/aromatic N) is 2. The lowest BCUT2D eigenvalue weighted by Gasteiger charge is -2.33. The van der Waals surface area contributed by atoms with Gasteiger partial charge in [-0.3, -0.25) is 0 Å². The van der Waals surface area contributed by atoms with Crippen molar-refractivity contribution >= 4 is 30.7 Å². The number of nitrogens with two attached hydrogens (primary N) is 1. The topological polar surface area (TPSA) is 123 Å². The Bertz CT molecular complexity index is 1100. The van der Waals surface area contributed by atoms with E-state index in [-0.39, 0.29) is 50.7 Å². The summed E-state index contributed by atoms with van der Waals surface area (Å²) in [4.78, 5) is 39.1. The summed E-state index contributed by atoms with van der Waals surface area (Å²) < 4.78 is 15.8. The van der Waals surface area contributed by atoms with Crippen LogP contribution >= 0.6 is 12.4 Å². The average Bonchev–Trinajstić information content (AvgIpc) is 2.95. The molecule has 2 atom stereocenters. The van der Waals surface area contributed by atoms with E-state index in [0.717, 1.165) is 43.4 Å². The van der Waals surface area contributed by atoms with E-state index in [0.29, 0.717) is 26.2 Å². The van der Waals surface area contributed by atoms with Crippen molar-refractivity contribution in [1.82, 2.24) is 15.1 Å². The molecule has 2 aliphatic rings. The monoisotopic (exact) mass is 620 g/mol. The van der Waals surface area contributed by atoms with Crippen LogP contribution in [-0.2, 0) is 27.4 Å². The predicted octanol–water partition coefficient (Wildman–Crippen LogP) is 6.12. The first-order valence-electron chi connectivity index (χ1n) is 14.3. The van der Waals surface area contributed by atoms with Crippen molar-refractivity contribution in [2.45, 2.75) is 84.8 Å². The van der Waals surface area contributed by atoms with Gasteiger partial charge in [0, 0.05) is 38.3 Å². The van der Waals surface area contributed by atoms with E-state index in [1.165, 1.54) is 0 Å². The van der Waals surface area contributed by atoms with Gasteiger partial charge in [-0.15, -0.1) is 12.4 Å². The Morgan fingerprint density at radius 3 is 1.74 bits per heavy atom. The van der Waals surface area contributed by atoms with Crippen LogP contribution in [-0.4, -0.2) is 71.9 Å². The van der Waals surface area contributed by atoms with Crippen LogP contribution in [0, 0.1) is 0 Å². The Morgan fingerprint density at radius 2 is 1.28 bits per heavy atom. The SMILES string of the molecule is C.CC(C)(C)OC(=O)N[C@H]1CCCN(C(=O)OCc2ccccc2)C1.Cl.N[C@H]1CCCN(C(=O)OCc2ccccc2)C1. The second kappa shape index (κ2) is 18.9. The summed E-state index contributed by atoms with van der Waals surface area (Å²) in [5, 5.41) is 2.82. The van der Waals surface area contributed by atoms with E-state index in [1.807, 2.05) is 81.4 Å². The first kappa shape index (κ1) is 37.5. The third kappa shape index (κ3) is 14.5. The third-order valence-corrected chi connectivity index (χ3v) is 6.53. The molecule has 0 unspecified atom stereocenters. The molecule has 0 radical (unpaired) electrons. The molecule has 0 saturated carbocycles. The van der Waals surface area contributed by atoms with Gasteiger partial charge in [-0.1, -0.05) is 68.1 Å². The fourth-order valence-corrected chi connectivity index (χ4v) is 4.53. The number of rotatable bonds is 5. The van der Waals surface area contributed by atoms with Gasteiger partial charge in [0.25, 0.3) is 0 Å². The molecule has 11 heteroatoms. The maximum atomic E-state index is 12.2. The normalized spacial score (nSPS) is 18.0. The predicted molar refractivity (Wildman–Crippen MR) is 170 cm³/mol. The highest BCUT2D eigenvalue weighted by atomic mass is 35.5. The van der Waals surface area contributed by atoms with Gasteiger partial charge in [0.1, 0.15) is 18.8 Å². The number of carbonyl (C=O) groups is 3. The van der Waals surface area contributed by atoms with Gasteiger partial charge >= 0.3 is 18.3 Å². The number of amides is 3. The third-order valence-electron chi connectivity index (χ3n) is 6.53. The molecule has 4 rings (SSSR count). The van der Waals surface area contributed by atoms with E-state index >= 15 is 0 Å². The number of carbonyl (C=O) groups excluding carboxylic acids is 3. The van der Waals surface area contributed by atoms with E-state index in [4.69, 9.17) is 19.9 Å². The number of benzene rings is 2. The Hall–Kier alpha value is -3.50. The highest BCUT2D eigenvalue weighted by molar-refractivity contribution is 5.85. The fraction of sp³-hybridized carbons (Fsp3) is 0.531. The number of likely N-dealkylation sites (tertiary alicyclic amines) is 2.